The minimum absolute atomic E-state index is 0.0889. The van der Waals surface area contributed by atoms with Crippen LogP contribution in [0.3, 0.4) is 0 Å². The van der Waals surface area contributed by atoms with E-state index in [2.05, 4.69) is 0 Å². The average molecular weight is 276 g/mol. The molecule has 0 aliphatic carbocycles. The Kier molecular flexibility index (Phi) is 4.63. The maximum absolute atomic E-state index is 10.7. The molecule has 0 heterocycles. The molecule has 4 N–H and O–H groups in total. The highest BCUT2D eigenvalue weighted by molar-refractivity contribution is 6.33. The fraction of sp³-hybridized carbons (Fsp3) is 0.364. The normalized spacial score (nSPS) is 12.0. The predicted octanol–water partition coefficient (Wildman–Crippen LogP) is 1.02. The maximum Gasteiger partial charge on any atom is 0.320 e. The third kappa shape index (κ3) is 2.77. The molecule has 0 fully saturated rings. The van der Waals surface area contributed by atoms with Crippen LogP contribution in [0.4, 0.5) is 0 Å². The Hall–Kier alpha value is -1.66. The quantitative estimate of drug-likeness (QED) is 0.741. The summed E-state index contributed by atoms with van der Waals surface area (Å²) in [5.41, 5.74) is 5.62. The minimum Gasteiger partial charge on any atom is -0.507 e. The number of aromatic hydroxyl groups is 1. The Morgan fingerprint density at radius 1 is 1.50 bits per heavy atom. The van der Waals surface area contributed by atoms with Gasteiger partial charge < -0.3 is 25.4 Å². The SMILES string of the molecule is COc1cc(O)c(CC(N)C(=O)O)c(Cl)c1OC. The number of hydrogen-bond donors (Lipinski definition) is 3. The molecule has 0 aromatic heterocycles. The monoisotopic (exact) mass is 275 g/mol. The molecule has 18 heavy (non-hydrogen) atoms. The van der Waals surface area contributed by atoms with Gasteiger partial charge in [0, 0.05) is 18.1 Å². The van der Waals surface area contributed by atoms with E-state index in [1.54, 1.807) is 0 Å². The van der Waals surface area contributed by atoms with Crippen molar-refractivity contribution in [1.29, 1.82) is 0 Å². The highest BCUT2D eigenvalue weighted by atomic mass is 35.5. The number of phenolic OH excluding ortho intramolecular Hbond substituents is 1. The molecule has 1 aromatic rings. The van der Waals surface area contributed by atoms with Gasteiger partial charge in [0.15, 0.2) is 11.5 Å². The molecule has 0 radical (unpaired) electrons. The zero-order valence-electron chi connectivity index (χ0n) is 9.94. The number of carbonyl (C=O) groups is 1. The summed E-state index contributed by atoms with van der Waals surface area (Å²) in [6, 6.07) is 0.140. The number of rotatable bonds is 5. The summed E-state index contributed by atoms with van der Waals surface area (Å²) in [5, 5.41) is 18.6. The second-order valence-electron chi connectivity index (χ2n) is 3.57. The number of halogens is 1. The van der Waals surface area contributed by atoms with E-state index in [4.69, 9.17) is 31.9 Å². The molecule has 1 rings (SSSR count). The minimum atomic E-state index is -1.18. The van der Waals surface area contributed by atoms with Crippen LogP contribution in [0.25, 0.3) is 0 Å². The van der Waals surface area contributed by atoms with Crippen LogP contribution >= 0.6 is 11.6 Å². The first kappa shape index (κ1) is 14.4. The Morgan fingerprint density at radius 3 is 2.56 bits per heavy atom. The van der Waals surface area contributed by atoms with Crippen LogP contribution in [0.1, 0.15) is 5.56 Å². The first-order valence-electron chi connectivity index (χ1n) is 5.03. The van der Waals surface area contributed by atoms with Crippen LogP contribution < -0.4 is 15.2 Å². The lowest BCUT2D eigenvalue weighted by molar-refractivity contribution is -0.138. The number of benzene rings is 1. The van der Waals surface area contributed by atoms with Crippen molar-refractivity contribution in [3.63, 3.8) is 0 Å². The standard InChI is InChI=1S/C11H14ClNO5/c1-17-8-4-7(14)5(3-6(13)11(15)16)9(12)10(8)18-2/h4,6,14H,3,13H2,1-2H3,(H,15,16). The summed E-state index contributed by atoms with van der Waals surface area (Å²) in [7, 11) is 2.79. The van der Waals surface area contributed by atoms with Gasteiger partial charge in [-0.25, -0.2) is 0 Å². The van der Waals surface area contributed by atoms with Gasteiger partial charge in [0.05, 0.1) is 19.2 Å². The number of methoxy groups -OCH3 is 2. The van der Waals surface area contributed by atoms with Gasteiger partial charge in [-0.05, 0) is 0 Å². The smallest absolute Gasteiger partial charge is 0.320 e. The summed E-state index contributed by atoms with van der Waals surface area (Å²) < 4.78 is 10.0. The number of phenols is 1. The van der Waals surface area contributed by atoms with Crippen molar-refractivity contribution in [2.45, 2.75) is 12.5 Å². The molecule has 0 aliphatic rings. The molecule has 0 spiro atoms. The van der Waals surface area contributed by atoms with Gasteiger partial charge in [-0.15, -0.1) is 0 Å². The van der Waals surface area contributed by atoms with Crippen molar-refractivity contribution in [3.05, 3.63) is 16.7 Å². The molecule has 1 unspecified atom stereocenters. The summed E-state index contributed by atoms with van der Waals surface area (Å²) in [4.78, 5) is 10.7. The summed E-state index contributed by atoms with van der Waals surface area (Å²) in [6.07, 6.45) is -0.111. The molecular formula is C11H14ClNO5. The number of carboxylic acids is 1. The fourth-order valence-corrected chi connectivity index (χ4v) is 1.82. The molecule has 0 bridgehead atoms. The van der Waals surface area contributed by atoms with E-state index in [-0.39, 0.29) is 34.3 Å². The molecule has 1 aromatic carbocycles. The number of hydrogen-bond acceptors (Lipinski definition) is 5. The third-order valence-corrected chi connectivity index (χ3v) is 2.83. The van der Waals surface area contributed by atoms with Gasteiger partial charge in [-0.1, -0.05) is 11.6 Å². The second-order valence-corrected chi connectivity index (χ2v) is 3.95. The van der Waals surface area contributed by atoms with Crippen LogP contribution in [0.5, 0.6) is 17.2 Å². The Bertz CT molecular complexity index is 463. The lowest BCUT2D eigenvalue weighted by Gasteiger charge is -2.15. The van der Waals surface area contributed by atoms with Crippen LogP contribution in [0.15, 0.2) is 6.07 Å². The lowest BCUT2D eigenvalue weighted by Crippen LogP contribution is -2.32. The number of ether oxygens (including phenoxy) is 2. The van der Waals surface area contributed by atoms with E-state index >= 15 is 0 Å². The van der Waals surface area contributed by atoms with Crippen LogP contribution in [-0.2, 0) is 11.2 Å². The van der Waals surface area contributed by atoms with Crippen molar-refractivity contribution in [3.8, 4) is 17.2 Å². The van der Waals surface area contributed by atoms with Crippen molar-refractivity contribution in [2.24, 2.45) is 5.73 Å². The maximum atomic E-state index is 10.7. The van der Waals surface area contributed by atoms with Crippen LogP contribution in [0, 0.1) is 0 Å². The van der Waals surface area contributed by atoms with E-state index in [1.807, 2.05) is 0 Å². The van der Waals surface area contributed by atoms with Crippen molar-refractivity contribution in [1.82, 2.24) is 0 Å². The average Bonchev–Trinajstić information content (AvgIpc) is 2.33. The molecule has 7 heteroatoms. The fourth-order valence-electron chi connectivity index (χ4n) is 1.48. The molecule has 0 saturated heterocycles. The summed E-state index contributed by atoms with van der Waals surface area (Å²) in [5.74, 6) is -0.883. The van der Waals surface area contributed by atoms with E-state index < -0.39 is 12.0 Å². The van der Waals surface area contributed by atoms with Crippen molar-refractivity contribution < 1.29 is 24.5 Å². The lowest BCUT2D eigenvalue weighted by atomic mass is 10.0. The van der Waals surface area contributed by atoms with E-state index in [9.17, 15) is 9.90 Å². The second kappa shape index (κ2) is 5.79. The van der Waals surface area contributed by atoms with E-state index in [1.165, 1.54) is 20.3 Å². The van der Waals surface area contributed by atoms with Gasteiger partial charge in [0.1, 0.15) is 11.8 Å². The highest BCUT2D eigenvalue weighted by Gasteiger charge is 2.22. The predicted molar refractivity (Wildman–Crippen MR) is 65.5 cm³/mol. The molecule has 0 saturated carbocycles. The largest absolute Gasteiger partial charge is 0.507 e. The zero-order valence-corrected chi connectivity index (χ0v) is 10.7. The first-order chi connectivity index (χ1) is 8.42. The Labute approximate surface area is 109 Å². The topological polar surface area (TPSA) is 102 Å². The Balaban J connectivity index is 3.24. The highest BCUT2D eigenvalue weighted by Crippen LogP contribution is 2.42. The molecule has 6 nitrogen and oxygen atoms in total. The van der Waals surface area contributed by atoms with Gasteiger partial charge in [0.25, 0.3) is 0 Å². The summed E-state index contributed by atoms with van der Waals surface area (Å²) in [6.45, 7) is 0. The van der Waals surface area contributed by atoms with Gasteiger partial charge in [-0.2, -0.15) is 0 Å². The van der Waals surface area contributed by atoms with Gasteiger partial charge >= 0.3 is 5.97 Å². The first-order valence-corrected chi connectivity index (χ1v) is 5.40. The van der Waals surface area contributed by atoms with Crippen molar-refractivity contribution in [2.75, 3.05) is 14.2 Å². The number of aliphatic carboxylic acids is 1. The van der Waals surface area contributed by atoms with E-state index in [0.29, 0.717) is 0 Å². The molecule has 0 aliphatic heterocycles. The van der Waals surface area contributed by atoms with Gasteiger partial charge in [-0.3, -0.25) is 4.79 Å². The van der Waals surface area contributed by atoms with E-state index in [0.717, 1.165) is 0 Å². The molecule has 0 amide bonds. The molecule has 1 atom stereocenters. The number of nitrogens with two attached hydrogens (primary N) is 1. The molecule has 100 valence electrons. The molecular weight excluding hydrogens is 262 g/mol. The van der Waals surface area contributed by atoms with Crippen LogP contribution in [-0.4, -0.2) is 36.4 Å². The number of carboxylic acid groups (broad SMARTS) is 1. The van der Waals surface area contributed by atoms with Crippen molar-refractivity contribution >= 4 is 17.6 Å². The van der Waals surface area contributed by atoms with Gasteiger partial charge in [0.2, 0.25) is 0 Å². The third-order valence-electron chi connectivity index (χ3n) is 2.43. The zero-order chi connectivity index (χ0) is 13.9. The Morgan fingerprint density at radius 2 is 2.11 bits per heavy atom. The summed E-state index contributed by atoms with van der Waals surface area (Å²) >= 11 is 6.03. The van der Waals surface area contributed by atoms with Crippen LogP contribution in [0.2, 0.25) is 5.02 Å².